The maximum absolute atomic E-state index is 12.5. The fourth-order valence-corrected chi connectivity index (χ4v) is 3.11. The SMILES string of the molecule is Cl.O=C(Cn1cnc2c(oc3ccccc32)c1=O)NCC1CCCN1. The molecule has 1 aromatic carbocycles. The van der Waals surface area contributed by atoms with Gasteiger partial charge in [-0.15, -0.1) is 12.4 Å². The van der Waals surface area contributed by atoms with Crippen molar-refractivity contribution in [2.24, 2.45) is 0 Å². The summed E-state index contributed by atoms with van der Waals surface area (Å²) < 4.78 is 6.89. The highest BCUT2D eigenvalue weighted by molar-refractivity contribution is 6.01. The second kappa shape index (κ2) is 7.25. The minimum absolute atomic E-state index is 0. The van der Waals surface area contributed by atoms with E-state index in [4.69, 9.17) is 4.42 Å². The summed E-state index contributed by atoms with van der Waals surface area (Å²) in [6.45, 7) is 1.51. The lowest BCUT2D eigenvalue weighted by atomic mass is 10.2. The number of aromatic nitrogens is 2. The summed E-state index contributed by atoms with van der Waals surface area (Å²) in [4.78, 5) is 28.9. The number of hydrogen-bond acceptors (Lipinski definition) is 5. The first-order valence-electron chi connectivity index (χ1n) is 8.09. The van der Waals surface area contributed by atoms with Gasteiger partial charge in [0.1, 0.15) is 17.6 Å². The molecule has 1 aliphatic heterocycles. The Bertz CT molecular complexity index is 959. The molecule has 1 aliphatic rings. The molecule has 1 saturated heterocycles. The number of hydrogen-bond donors (Lipinski definition) is 2. The van der Waals surface area contributed by atoms with Gasteiger partial charge in [-0.3, -0.25) is 14.2 Å². The normalized spacial score (nSPS) is 16.9. The number of fused-ring (bicyclic) bond motifs is 3. The van der Waals surface area contributed by atoms with Crippen LogP contribution in [0.3, 0.4) is 0 Å². The van der Waals surface area contributed by atoms with Crippen LogP contribution < -0.4 is 16.2 Å². The lowest BCUT2D eigenvalue weighted by Crippen LogP contribution is -2.39. The van der Waals surface area contributed by atoms with Crippen molar-refractivity contribution in [2.75, 3.05) is 13.1 Å². The van der Waals surface area contributed by atoms with E-state index in [1.807, 2.05) is 18.2 Å². The highest BCUT2D eigenvalue weighted by atomic mass is 35.5. The van der Waals surface area contributed by atoms with E-state index in [-0.39, 0.29) is 36.0 Å². The van der Waals surface area contributed by atoms with Gasteiger partial charge in [0.2, 0.25) is 11.5 Å². The molecule has 132 valence electrons. The van der Waals surface area contributed by atoms with Crippen LogP contribution in [0.15, 0.2) is 39.8 Å². The highest BCUT2D eigenvalue weighted by Crippen LogP contribution is 2.23. The van der Waals surface area contributed by atoms with Gasteiger partial charge in [-0.25, -0.2) is 4.98 Å². The quantitative estimate of drug-likeness (QED) is 0.733. The zero-order chi connectivity index (χ0) is 16.5. The van der Waals surface area contributed by atoms with Crippen molar-refractivity contribution < 1.29 is 9.21 Å². The number of amides is 1. The number of para-hydroxylation sites is 1. The topological polar surface area (TPSA) is 89.2 Å². The van der Waals surface area contributed by atoms with Crippen LogP contribution in [0, 0.1) is 0 Å². The number of carbonyl (C=O) groups is 1. The third kappa shape index (κ3) is 3.38. The van der Waals surface area contributed by atoms with Crippen LogP contribution in [0.4, 0.5) is 0 Å². The van der Waals surface area contributed by atoms with Gasteiger partial charge in [-0.2, -0.15) is 0 Å². The molecule has 0 aliphatic carbocycles. The smallest absolute Gasteiger partial charge is 0.297 e. The average Bonchev–Trinajstić information content (AvgIpc) is 3.23. The molecule has 2 aromatic heterocycles. The lowest BCUT2D eigenvalue weighted by Gasteiger charge is -2.11. The van der Waals surface area contributed by atoms with E-state index in [0.717, 1.165) is 24.8 Å². The zero-order valence-electron chi connectivity index (χ0n) is 13.5. The van der Waals surface area contributed by atoms with E-state index in [1.54, 1.807) is 6.07 Å². The molecule has 0 spiro atoms. The number of carbonyl (C=O) groups excluding carboxylic acids is 1. The van der Waals surface area contributed by atoms with Crippen molar-refractivity contribution in [3.05, 3.63) is 40.9 Å². The van der Waals surface area contributed by atoms with Crippen LogP contribution >= 0.6 is 12.4 Å². The van der Waals surface area contributed by atoms with E-state index in [9.17, 15) is 9.59 Å². The Morgan fingerprint density at radius 1 is 1.40 bits per heavy atom. The molecule has 1 atom stereocenters. The van der Waals surface area contributed by atoms with Crippen LogP contribution in [0.1, 0.15) is 12.8 Å². The van der Waals surface area contributed by atoms with Gasteiger partial charge < -0.3 is 15.1 Å². The fourth-order valence-electron chi connectivity index (χ4n) is 3.11. The maximum Gasteiger partial charge on any atom is 0.297 e. The van der Waals surface area contributed by atoms with Gasteiger partial charge in [0.05, 0.1) is 6.33 Å². The summed E-state index contributed by atoms with van der Waals surface area (Å²) in [5, 5.41) is 6.97. The Labute approximate surface area is 149 Å². The van der Waals surface area contributed by atoms with E-state index < -0.39 is 0 Å². The summed E-state index contributed by atoms with van der Waals surface area (Å²) in [5.41, 5.74) is 0.989. The molecule has 0 radical (unpaired) electrons. The number of benzene rings is 1. The first-order chi connectivity index (χ1) is 11.7. The molecule has 3 heterocycles. The third-order valence-corrected chi connectivity index (χ3v) is 4.37. The van der Waals surface area contributed by atoms with Crippen molar-refractivity contribution in [1.82, 2.24) is 20.2 Å². The molecule has 1 unspecified atom stereocenters. The number of halogens is 1. The van der Waals surface area contributed by atoms with Crippen LogP contribution in [-0.4, -0.2) is 34.6 Å². The molecule has 0 saturated carbocycles. The van der Waals surface area contributed by atoms with Crippen molar-refractivity contribution in [2.45, 2.75) is 25.4 Å². The summed E-state index contributed by atoms with van der Waals surface area (Å²) in [6.07, 6.45) is 3.60. The van der Waals surface area contributed by atoms with E-state index in [1.165, 1.54) is 10.9 Å². The van der Waals surface area contributed by atoms with Crippen LogP contribution in [0.25, 0.3) is 22.1 Å². The highest BCUT2D eigenvalue weighted by Gasteiger charge is 2.17. The van der Waals surface area contributed by atoms with Crippen molar-refractivity contribution in [3.63, 3.8) is 0 Å². The molecule has 4 rings (SSSR count). The average molecular weight is 363 g/mol. The Hall–Kier alpha value is -2.38. The van der Waals surface area contributed by atoms with Crippen molar-refractivity contribution in [1.29, 1.82) is 0 Å². The minimum atomic E-state index is -0.342. The number of nitrogens with zero attached hydrogens (tertiary/aromatic N) is 2. The molecule has 25 heavy (non-hydrogen) atoms. The minimum Gasteiger partial charge on any atom is -0.448 e. The van der Waals surface area contributed by atoms with Gasteiger partial charge in [0, 0.05) is 18.0 Å². The van der Waals surface area contributed by atoms with Gasteiger partial charge in [0.15, 0.2) is 0 Å². The lowest BCUT2D eigenvalue weighted by molar-refractivity contribution is -0.121. The number of furan rings is 1. The standard InChI is InChI=1S/C17H18N4O3.ClH/c22-14(19-8-11-4-3-7-18-11)9-21-10-20-15-12-5-1-2-6-13(12)24-16(15)17(21)23;/h1-2,5-6,10-11,18H,3-4,7-9H2,(H,19,22);1H. The van der Waals surface area contributed by atoms with Crippen LogP contribution in [-0.2, 0) is 11.3 Å². The van der Waals surface area contributed by atoms with E-state index in [0.29, 0.717) is 23.7 Å². The second-order valence-electron chi connectivity index (χ2n) is 6.05. The molecule has 2 N–H and O–H groups in total. The summed E-state index contributed by atoms with van der Waals surface area (Å²) in [7, 11) is 0. The molecular formula is C17H19ClN4O3. The third-order valence-electron chi connectivity index (χ3n) is 4.37. The first-order valence-corrected chi connectivity index (χ1v) is 8.09. The van der Waals surface area contributed by atoms with Gasteiger partial charge in [0.25, 0.3) is 5.56 Å². The largest absolute Gasteiger partial charge is 0.448 e. The number of nitrogens with one attached hydrogen (secondary N) is 2. The zero-order valence-corrected chi connectivity index (χ0v) is 14.3. The van der Waals surface area contributed by atoms with Gasteiger partial charge in [-0.05, 0) is 31.5 Å². The first kappa shape index (κ1) is 17.4. The molecule has 1 amide bonds. The molecule has 8 heteroatoms. The summed E-state index contributed by atoms with van der Waals surface area (Å²) in [6, 6.07) is 7.69. The Kier molecular flexibility index (Phi) is 5.06. The van der Waals surface area contributed by atoms with Crippen molar-refractivity contribution in [3.8, 4) is 0 Å². The monoisotopic (exact) mass is 362 g/mol. The Morgan fingerprint density at radius 2 is 2.24 bits per heavy atom. The van der Waals surface area contributed by atoms with Gasteiger partial charge >= 0.3 is 0 Å². The molecule has 0 bridgehead atoms. The maximum atomic E-state index is 12.5. The molecule has 7 nitrogen and oxygen atoms in total. The van der Waals surface area contributed by atoms with Crippen LogP contribution in [0.5, 0.6) is 0 Å². The predicted molar refractivity (Wildman–Crippen MR) is 97.1 cm³/mol. The van der Waals surface area contributed by atoms with Crippen LogP contribution in [0.2, 0.25) is 0 Å². The Morgan fingerprint density at radius 3 is 3.04 bits per heavy atom. The van der Waals surface area contributed by atoms with E-state index >= 15 is 0 Å². The second-order valence-corrected chi connectivity index (χ2v) is 6.05. The Balaban J connectivity index is 0.00000182. The number of rotatable bonds is 4. The molecule has 1 fully saturated rings. The fraction of sp³-hybridized carbons (Fsp3) is 0.353. The van der Waals surface area contributed by atoms with Crippen molar-refractivity contribution >= 4 is 40.4 Å². The van der Waals surface area contributed by atoms with Gasteiger partial charge in [-0.1, -0.05) is 12.1 Å². The van der Waals surface area contributed by atoms with E-state index in [2.05, 4.69) is 15.6 Å². The summed E-state index contributed by atoms with van der Waals surface area (Å²) >= 11 is 0. The molecule has 3 aromatic rings. The summed E-state index contributed by atoms with van der Waals surface area (Å²) in [5.74, 6) is -0.205. The molecular weight excluding hydrogens is 344 g/mol. The predicted octanol–water partition coefficient (Wildman–Crippen LogP) is 1.43.